The lowest BCUT2D eigenvalue weighted by Gasteiger charge is -2.27. The van der Waals surface area contributed by atoms with E-state index < -0.39 is 12.0 Å². The van der Waals surface area contributed by atoms with Crippen molar-refractivity contribution in [2.24, 2.45) is 0 Å². The minimum absolute atomic E-state index is 0.447. The molecule has 0 bridgehead atoms. The van der Waals surface area contributed by atoms with Crippen molar-refractivity contribution in [2.75, 3.05) is 13.1 Å². The lowest BCUT2D eigenvalue weighted by Crippen LogP contribution is -2.34. The van der Waals surface area contributed by atoms with Crippen LogP contribution in [0.5, 0.6) is 0 Å². The number of aliphatic carboxylic acids is 1. The summed E-state index contributed by atoms with van der Waals surface area (Å²) >= 11 is 6.07. The van der Waals surface area contributed by atoms with Crippen LogP contribution in [0.4, 0.5) is 0 Å². The summed E-state index contributed by atoms with van der Waals surface area (Å²) in [5.41, 5.74) is 0.579. The highest BCUT2D eigenvalue weighted by atomic mass is 35.5. The van der Waals surface area contributed by atoms with Gasteiger partial charge < -0.3 is 5.11 Å². The van der Waals surface area contributed by atoms with Crippen molar-refractivity contribution in [2.45, 2.75) is 6.04 Å². The smallest absolute Gasteiger partial charge is 0.325 e. The maximum absolute atomic E-state index is 11.5. The van der Waals surface area contributed by atoms with E-state index in [1.165, 1.54) is 0 Å². The third-order valence-electron chi connectivity index (χ3n) is 2.53. The Morgan fingerprint density at radius 2 is 1.89 bits per heavy atom. The monoisotopic (exact) mass is 265 g/mol. The highest BCUT2D eigenvalue weighted by Crippen LogP contribution is 2.27. The highest BCUT2D eigenvalue weighted by Gasteiger charge is 2.27. The van der Waals surface area contributed by atoms with Gasteiger partial charge in [0.1, 0.15) is 6.04 Å². The van der Waals surface area contributed by atoms with Crippen LogP contribution in [-0.2, 0) is 4.79 Å². The number of carboxylic acid groups (broad SMARTS) is 1. The molecule has 4 heteroatoms. The topological polar surface area (TPSA) is 40.5 Å². The van der Waals surface area contributed by atoms with Gasteiger partial charge in [-0.3, -0.25) is 9.69 Å². The number of benzene rings is 1. The van der Waals surface area contributed by atoms with E-state index in [2.05, 4.69) is 13.2 Å². The van der Waals surface area contributed by atoms with Crippen LogP contribution in [0.3, 0.4) is 0 Å². The number of halogens is 1. The van der Waals surface area contributed by atoms with Crippen molar-refractivity contribution in [1.29, 1.82) is 0 Å². The van der Waals surface area contributed by atoms with Crippen molar-refractivity contribution < 1.29 is 9.90 Å². The number of nitrogens with zero attached hydrogens (tertiary/aromatic N) is 1. The molecule has 0 aromatic heterocycles. The van der Waals surface area contributed by atoms with Gasteiger partial charge in [-0.25, -0.2) is 0 Å². The van der Waals surface area contributed by atoms with Crippen LogP contribution in [0.25, 0.3) is 0 Å². The van der Waals surface area contributed by atoms with E-state index in [1.54, 1.807) is 41.3 Å². The molecule has 0 amide bonds. The third kappa shape index (κ3) is 3.45. The summed E-state index contributed by atoms with van der Waals surface area (Å²) in [6, 6.07) is 6.16. The standard InChI is InChI=1S/C14H16ClNO2/c1-3-9-16(10-4-2)13(14(17)18)11-7-5-6-8-12(11)15/h3-8,13H,1-2,9-10H2,(H,17,18). The molecule has 1 unspecified atom stereocenters. The van der Waals surface area contributed by atoms with Crippen LogP contribution in [-0.4, -0.2) is 29.1 Å². The number of carboxylic acids is 1. The Bertz CT molecular complexity index is 435. The van der Waals surface area contributed by atoms with Crippen LogP contribution in [0, 0.1) is 0 Å². The molecule has 96 valence electrons. The van der Waals surface area contributed by atoms with Crippen molar-refractivity contribution in [1.82, 2.24) is 4.90 Å². The minimum atomic E-state index is -0.938. The Kier molecular flexibility index (Phi) is 5.62. The molecule has 0 saturated heterocycles. The summed E-state index contributed by atoms with van der Waals surface area (Å²) < 4.78 is 0. The van der Waals surface area contributed by atoms with Crippen molar-refractivity contribution in [3.8, 4) is 0 Å². The summed E-state index contributed by atoms with van der Waals surface area (Å²) in [5, 5.41) is 9.85. The zero-order chi connectivity index (χ0) is 13.5. The first-order chi connectivity index (χ1) is 8.61. The molecule has 0 aliphatic carbocycles. The van der Waals surface area contributed by atoms with Crippen molar-refractivity contribution in [3.05, 3.63) is 60.2 Å². The molecule has 1 N–H and O–H groups in total. The van der Waals surface area contributed by atoms with Gasteiger partial charge >= 0.3 is 5.97 Å². The van der Waals surface area contributed by atoms with Gasteiger partial charge in [0.2, 0.25) is 0 Å². The van der Waals surface area contributed by atoms with Gasteiger partial charge in [-0.2, -0.15) is 0 Å². The maximum Gasteiger partial charge on any atom is 0.325 e. The number of carbonyl (C=O) groups is 1. The normalized spacial score (nSPS) is 12.1. The third-order valence-corrected chi connectivity index (χ3v) is 2.87. The fourth-order valence-corrected chi connectivity index (χ4v) is 2.04. The summed E-state index contributed by atoms with van der Waals surface area (Å²) in [4.78, 5) is 13.2. The second-order valence-corrected chi connectivity index (χ2v) is 4.20. The molecule has 1 rings (SSSR count). The fourth-order valence-electron chi connectivity index (χ4n) is 1.80. The average Bonchev–Trinajstić information content (AvgIpc) is 2.32. The van der Waals surface area contributed by atoms with E-state index in [1.807, 2.05) is 0 Å². The van der Waals surface area contributed by atoms with E-state index in [0.717, 1.165) is 0 Å². The maximum atomic E-state index is 11.5. The lowest BCUT2D eigenvalue weighted by atomic mass is 10.1. The summed E-state index contributed by atoms with van der Waals surface area (Å²) in [5.74, 6) is -0.938. The van der Waals surface area contributed by atoms with E-state index in [4.69, 9.17) is 11.6 Å². The SMILES string of the molecule is C=CCN(CC=C)C(C(=O)O)c1ccccc1Cl. The molecule has 0 fully saturated rings. The van der Waals surface area contributed by atoms with E-state index in [9.17, 15) is 9.90 Å². The van der Waals surface area contributed by atoms with Crippen LogP contribution in [0.1, 0.15) is 11.6 Å². The molecule has 0 aliphatic rings. The molecule has 0 spiro atoms. The van der Waals surface area contributed by atoms with Crippen LogP contribution in [0.15, 0.2) is 49.6 Å². The molecule has 0 heterocycles. The lowest BCUT2D eigenvalue weighted by molar-refractivity contribution is -0.143. The number of hydrogen-bond acceptors (Lipinski definition) is 2. The van der Waals surface area contributed by atoms with Gasteiger partial charge in [-0.15, -0.1) is 13.2 Å². The Morgan fingerprint density at radius 3 is 2.33 bits per heavy atom. The molecule has 3 nitrogen and oxygen atoms in total. The summed E-state index contributed by atoms with van der Waals surface area (Å²) in [7, 11) is 0. The predicted molar refractivity (Wildman–Crippen MR) is 73.8 cm³/mol. The Hall–Kier alpha value is -1.58. The molecular formula is C14H16ClNO2. The van der Waals surface area contributed by atoms with Crippen molar-refractivity contribution >= 4 is 17.6 Å². The van der Waals surface area contributed by atoms with Gasteiger partial charge in [0.25, 0.3) is 0 Å². The first-order valence-electron chi connectivity index (χ1n) is 5.55. The minimum Gasteiger partial charge on any atom is -0.480 e. The largest absolute Gasteiger partial charge is 0.480 e. The van der Waals surface area contributed by atoms with Crippen LogP contribution >= 0.6 is 11.6 Å². The zero-order valence-electron chi connectivity index (χ0n) is 10.1. The van der Waals surface area contributed by atoms with Gasteiger partial charge in [0.15, 0.2) is 0 Å². The summed E-state index contributed by atoms with van der Waals surface area (Å²) in [6.07, 6.45) is 3.33. The Labute approximate surface area is 112 Å². The molecule has 1 aromatic carbocycles. The molecule has 0 radical (unpaired) electrons. The molecular weight excluding hydrogens is 250 g/mol. The predicted octanol–water partition coefficient (Wildman–Crippen LogP) is 3.14. The van der Waals surface area contributed by atoms with E-state index in [-0.39, 0.29) is 0 Å². The molecule has 0 aliphatic heterocycles. The highest BCUT2D eigenvalue weighted by molar-refractivity contribution is 6.31. The Morgan fingerprint density at radius 1 is 1.33 bits per heavy atom. The van der Waals surface area contributed by atoms with Gasteiger partial charge in [0.05, 0.1) is 0 Å². The number of rotatable bonds is 7. The van der Waals surface area contributed by atoms with Crippen molar-refractivity contribution in [3.63, 3.8) is 0 Å². The molecule has 0 saturated carbocycles. The van der Waals surface area contributed by atoms with Crippen LogP contribution < -0.4 is 0 Å². The van der Waals surface area contributed by atoms with E-state index in [0.29, 0.717) is 23.7 Å². The van der Waals surface area contributed by atoms with Gasteiger partial charge in [-0.05, 0) is 11.6 Å². The second-order valence-electron chi connectivity index (χ2n) is 3.79. The number of hydrogen-bond donors (Lipinski definition) is 1. The summed E-state index contributed by atoms with van der Waals surface area (Å²) in [6.45, 7) is 8.18. The quantitative estimate of drug-likeness (QED) is 0.770. The first-order valence-corrected chi connectivity index (χ1v) is 5.92. The van der Waals surface area contributed by atoms with E-state index >= 15 is 0 Å². The molecule has 1 atom stereocenters. The average molecular weight is 266 g/mol. The first kappa shape index (κ1) is 14.5. The fraction of sp³-hybridized carbons (Fsp3) is 0.214. The second kappa shape index (κ2) is 6.99. The van der Waals surface area contributed by atoms with Crippen LogP contribution in [0.2, 0.25) is 5.02 Å². The van der Waals surface area contributed by atoms with Gasteiger partial charge in [-0.1, -0.05) is 42.0 Å². The molecule has 18 heavy (non-hydrogen) atoms. The Balaban J connectivity index is 3.15. The van der Waals surface area contributed by atoms with Gasteiger partial charge in [0, 0.05) is 18.1 Å². The zero-order valence-corrected chi connectivity index (χ0v) is 10.8. The molecule has 1 aromatic rings.